The standard InChI is InChI=1S/C36H52N6O9/c43-33(44)26-51-25-24-50-23-22-49-21-20-48-19-18-47-17-16-42(14-4-3-7-29-11-10-28-6-5-13-37-34(28)40-29)15-12-32(36(45)46)41-35-30-8-1-2-9-31(30)38-27-39-35/h1-2,8-11,27,32H,3-7,12-26H2,(H,37,40)(H,43,44)(H,45,46)(H,38,39,41). The van der Waals surface area contributed by atoms with Gasteiger partial charge in [0.05, 0.1) is 65.0 Å². The Morgan fingerprint density at radius 3 is 2.25 bits per heavy atom. The van der Waals surface area contributed by atoms with Crippen LogP contribution in [-0.2, 0) is 46.1 Å². The second-order valence-corrected chi connectivity index (χ2v) is 12.1. The number of rotatable bonds is 28. The van der Waals surface area contributed by atoms with Crippen LogP contribution in [0.3, 0.4) is 0 Å². The fourth-order valence-corrected chi connectivity index (χ4v) is 5.57. The minimum absolute atomic E-state index is 0.223. The number of hydrogen-bond donors (Lipinski definition) is 4. The molecule has 0 saturated carbocycles. The lowest BCUT2D eigenvalue weighted by Crippen LogP contribution is -2.37. The Kier molecular flexibility index (Phi) is 18.3. The fourth-order valence-electron chi connectivity index (χ4n) is 5.57. The summed E-state index contributed by atoms with van der Waals surface area (Å²) in [5.41, 5.74) is 3.12. The predicted molar refractivity (Wildman–Crippen MR) is 191 cm³/mol. The Labute approximate surface area is 299 Å². The van der Waals surface area contributed by atoms with Crippen molar-refractivity contribution in [1.82, 2.24) is 19.9 Å². The van der Waals surface area contributed by atoms with Crippen molar-refractivity contribution < 1.29 is 43.5 Å². The molecule has 0 amide bonds. The van der Waals surface area contributed by atoms with Gasteiger partial charge in [-0.2, -0.15) is 0 Å². The van der Waals surface area contributed by atoms with Gasteiger partial charge in [-0.3, -0.25) is 0 Å². The molecule has 3 aromatic rings. The van der Waals surface area contributed by atoms with Gasteiger partial charge in [-0.25, -0.2) is 24.5 Å². The van der Waals surface area contributed by atoms with Gasteiger partial charge >= 0.3 is 11.9 Å². The number of aryl methyl sites for hydroxylation is 2. The number of nitrogens with one attached hydrogen (secondary N) is 2. The average molecular weight is 713 g/mol. The largest absolute Gasteiger partial charge is 0.480 e. The van der Waals surface area contributed by atoms with Crippen molar-refractivity contribution in [2.75, 3.05) is 103 Å². The Morgan fingerprint density at radius 2 is 1.53 bits per heavy atom. The highest BCUT2D eigenvalue weighted by Crippen LogP contribution is 2.21. The molecule has 15 heteroatoms. The molecule has 0 bridgehead atoms. The van der Waals surface area contributed by atoms with Crippen molar-refractivity contribution in [2.45, 2.75) is 44.6 Å². The summed E-state index contributed by atoms with van der Waals surface area (Å²) >= 11 is 0. The molecule has 4 N–H and O–H groups in total. The number of hydrogen-bond acceptors (Lipinski definition) is 13. The lowest BCUT2D eigenvalue weighted by atomic mass is 10.1. The first-order valence-corrected chi connectivity index (χ1v) is 17.7. The number of pyridine rings is 1. The molecule has 280 valence electrons. The molecule has 1 aromatic carbocycles. The molecule has 51 heavy (non-hydrogen) atoms. The number of unbranched alkanes of at least 4 members (excludes halogenated alkanes) is 1. The van der Waals surface area contributed by atoms with Gasteiger partial charge in [0.25, 0.3) is 0 Å². The predicted octanol–water partition coefficient (Wildman–Crippen LogP) is 3.13. The monoisotopic (exact) mass is 712 g/mol. The van der Waals surface area contributed by atoms with E-state index in [9.17, 15) is 14.7 Å². The van der Waals surface area contributed by atoms with Crippen LogP contribution in [0, 0.1) is 0 Å². The summed E-state index contributed by atoms with van der Waals surface area (Å²) in [5.74, 6) is -0.416. The molecular formula is C36H52N6O9. The Balaban J connectivity index is 1.15. The number of aliphatic carboxylic acids is 2. The zero-order chi connectivity index (χ0) is 35.9. The zero-order valence-electron chi connectivity index (χ0n) is 29.3. The van der Waals surface area contributed by atoms with Crippen molar-refractivity contribution in [3.8, 4) is 0 Å². The summed E-state index contributed by atoms with van der Waals surface area (Å²) in [6.07, 6.45) is 6.84. The molecule has 1 atom stereocenters. The van der Waals surface area contributed by atoms with E-state index < -0.39 is 18.0 Å². The number of anilines is 2. The first-order valence-electron chi connectivity index (χ1n) is 17.7. The molecule has 0 saturated heterocycles. The van der Waals surface area contributed by atoms with Gasteiger partial charge in [0.2, 0.25) is 0 Å². The second-order valence-electron chi connectivity index (χ2n) is 12.1. The average Bonchev–Trinajstić information content (AvgIpc) is 3.14. The number of ether oxygens (including phenoxy) is 5. The van der Waals surface area contributed by atoms with Crippen molar-refractivity contribution in [1.29, 1.82) is 0 Å². The minimum Gasteiger partial charge on any atom is -0.480 e. The van der Waals surface area contributed by atoms with Crippen LogP contribution in [-0.4, -0.2) is 140 Å². The van der Waals surface area contributed by atoms with E-state index in [1.165, 1.54) is 11.9 Å². The summed E-state index contributed by atoms with van der Waals surface area (Å²) in [7, 11) is 0. The van der Waals surface area contributed by atoms with Gasteiger partial charge in [0, 0.05) is 30.7 Å². The van der Waals surface area contributed by atoms with Crippen molar-refractivity contribution >= 4 is 34.5 Å². The lowest BCUT2D eigenvalue weighted by molar-refractivity contribution is -0.143. The van der Waals surface area contributed by atoms with E-state index in [0.717, 1.165) is 67.6 Å². The first kappa shape index (κ1) is 39.8. The van der Waals surface area contributed by atoms with Crippen LogP contribution in [0.25, 0.3) is 10.9 Å². The maximum absolute atomic E-state index is 12.3. The lowest BCUT2D eigenvalue weighted by Gasteiger charge is -2.25. The van der Waals surface area contributed by atoms with Gasteiger partial charge in [0.15, 0.2) is 0 Å². The van der Waals surface area contributed by atoms with Crippen LogP contribution in [0.2, 0.25) is 0 Å². The summed E-state index contributed by atoms with van der Waals surface area (Å²) < 4.78 is 27.1. The molecule has 4 rings (SSSR count). The topological polar surface area (TPSA) is 187 Å². The number of para-hydroxylation sites is 1. The molecule has 15 nitrogen and oxygen atoms in total. The van der Waals surface area contributed by atoms with Crippen molar-refractivity contribution in [3.63, 3.8) is 0 Å². The quantitative estimate of drug-likeness (QED) is 0.0804. The van der Waals surface area contributed by atoms with E-state index in [1.54, 1.807) is 0 Å². The van der Waals surface area contributed by atoms with E-state index in [4.69, 9.17) is 33.8 Å². The van der Waals surface area contributed by atoms with E-state index in [2.05, 4.69) is 37.6 Å². The molecular weight excluding hydrogens is 660 g/mol. The Hall–Kier alpha value is -3.99. The fraction of sp³-hybridized carbons (Fsp3) is 0.583. The number of carboxylic acids is 2. The van der Waals surface area contributed by atoms with Gasteiger partial charge in [0.1, 0.15) is 30.6 Å². The molecule has 0 spiro atoms. The molecule has 3 heterocycles. The summed E-state index contributed by atoms with van der Waals surface area (Å²) in [5, 5.41) is 25.9. The summed E-state index contributed by atoms with van der Waals surface area (Å²) in [6.45, 7) is 6.22. The van der Waals surface area contributed by atoms with Gasteiger partial charge < -0.3 is 49.4 Å². The number of fused-ring (bicyclic) bond motifs is 2. The summed E-state index contributed by atoms with van der Waals surface area (Å²) in [4.78, 5) is 38.4. The van der Waals surface area contributed by atoms with Gasteiger partial charge in [-0.1, -0.05) is 18.2 Å². The first-order chi connectivity index (χ1) is 25.0. The summed E-state index contributed by atoms with van der Waals surface area (Å²) in [6, 6.07) is 11.0. The highest BCUT2D eigenvalue weighted by atomic mass is 16.6. The molecule has 0 aliphatic carbocycles. The highest BCUT2D eigenvalue weighted by molar-refractivity contribution is 5.90. The van der Waals surface area contributed by atoms with Crippen LogP contribution in [0.1, 0.15) is 36.9 Å². The molecule has 1 aliphatic rings. The van der Waals surface area contributed by atoms with Crippen LogP contribution >= 0.6 is 0 Å². The van der Waals surface area contributed by atoms with Crippen LogP contribution in [0.4, 0.5) is 11.6 Å². The van der Waals surface area contributed by atoms with Crippen molar-refractivity contribution in [2.24, 2.45) is 0 Å². The second kappa shape index (κ2) is 23.5. The third-order valence-corrected chi connectivity index (χ3v) is 8.26. The number of benzene rings is 1. The van der Waals surface area contributed by atoms with E-state index in [0.29, 0.717) is 78.2 Å². The van der Waals surface area contributed by atoms with Gasteiger partial charge in [-0.05, 0) is 68.8 Å². The van der Waals surface area contributed by atoms with Crippen LogP contribution in [0.15, 0.2) is 42.7 Å². The number of carbonyl (C=O) groups is 2. The molecule has 2 aromatic heterocycles. The number of nitrogens with zero attached hydrogens (tertiary/aromatic N) is 4. The van der Waals surface area contributed by atoms with Crippen LogP contribution in [0.5, 0.6) is 0 Å². The molecule has 1 aliphatic heterocycles. The smallest absolute Gasteiger partial charge is 0.329 e. The highest BCUT2D eigenvalue weighted by Gasteiger charge is 2.20. The van der Waals surface area contributed by atoms with Gasteiger partial charge in [-0.15, -0.1) is 0 Å². The molecule has 0 fully saturated rings. The normalized spacial score (nSPS) is 13.2. The Bertz CT molecular complexity index is 1460. The molecule has 0 radical (unpaired) electrons. The van der Waals surface area contributed by atoms with E-state index >= 15 is 0 Å². The van der Waals surface area contributed by atoms with E-state index in [-0.39, 0.29) is 13.2 Å². The zero-order valence-corrected chi connectivity index (χ0v) is 29.3. The maximum atomic E-state index is 12.3. The van der Waals surface area contributed by atoms with Crippen LogP contribution < -0.4 is 10.6 Å². The number of aromatic nitrogens is 3. The minimum atomic E-state index is -1.01. The molecule has 1 unspecified atom stereocenters. The Morgan fingerprint density at radius 1 is 0.824 bits per heavy atom. The van der Waals surface area contributed by atoms with E-state index in [1.807, 2.05) is 24.3 Å². The number of carboxylic acid groups (broad SMARTS) is 2. The SMILES string of the molecule is O=C(O)COCCOCCOCCOCCOCCN(CCCCc1ccc2c(n1)NCCC2)CCC(Nc1ncnc2ccccc12)C(=O)O. The third kappa shape index (κ3) is 15.4. The third-order valence-electron chi connectivity index (χ3n) is 8.26. The maximum Gasteiger partial charge on any atom is 0.329 e. The van der Waals surface area contributed by atoms with Crippen molar-refractivity contribution in [3.05, 3.63) is 54.0 Å².